The third-order valence-corrected chi connectivity index (χ3v) is 4.53. The highest BCUT2D eigenvalue weighted by molar-refractivity contribution is 5.93. The third-order valence-electron chi connectivity index (χ3n) is 4.53. The van der Waals surface area contributed by atoms with Crippen molar-refractivity contribution >= 4 is 34.9 Å². The van der Waals surface area contributed by atoms with Crippen molar-refractivity contribution < 1.29 is 17.6 Å². The lowest BCUT2D eigenvalue weighted by Crippen LogP contribution is -2.45. The molecule has 1 aliphatic rings. The fourth-order valence-electron chi connectivity index (χ4n) is 3.13. The van der Waals surface area contributed by atoms with Crippen LogP contribution in [0.15, 0.2) is 12.1 Å². The minimum absolute atomic E-state index is 0. The fourth-order valence-corrected chi connectivity index (χ4v) is 3.13. The summed E-state index contributed by atoms with van der Waals surface area (Å²) in [5.41, 5.74) is -1.03. The standard InChI is InChI=1S/C16H16F4N6.ClH/c1-9-21-14-11-7-10(16(18,19)20)8-12(17)13(11)22-15(26(14)23-9)25-5-3-24(2)4-6-25;/h7-8H,3-6H2,1-2H3;1H. The summed E-state index contributed by atoms with van der Waals surface area (Å²) in [5, 5.41) is 4.26. The highest BCUT2D eigenvalue weighted by Gasteiger charge is 2.33. The number of halogens is 5. The van der Waals surface area contributed by atoms with Crippen molar-refractivity contribution in [2.24, 2.45) is 0 Å². The van der Waals surface area contributed by atoms with E-state index in [4.69, 9.17) is 0 Å². The predicted octanol–water partition coefficient (Wildman–Crippen LogP) is 2.92. The highest BCUT2D eigenvalue weighted by atomic mass is 35.5. The Morgan fingerprint density at radius 1 is 1.04 bits per heavy atom. The number of hydrogen-bond donors (Lipinski definition) is 0. The van der Waals surface area contributed by atoms with Crippen molar-refractivity contribution in [1.82, 2.24) is 24.5 Å². The largest absolute Gasteiger partial charge is 0.416 e. The van der Waals surface area contributed by atoms with Crippen molar-refractivity contribution in [2.75, 3.05) is 38.1 Å². The third kappa shape index (κ3) is 3.39. The number of piperazine rings is 1. The smallest absolute Gasteiger partial charge is 0.338 e. The van der Waals surface area contributed by atoms with Gasteiger partial charge >= 0.3 is 6.18 Å². The molecule has 6 nitrogen and oxygen atoms in total. The first-order chi connectivity index (χ1) is 12.2. The molecule has 0 bridgehead atoms. The molecule has 1 fully saturated rings. The molecule has 4 rings (SSSR count). The van der Waals surface area contributed by atoms with Crippen LogP contribution in [-0.4, -0.2) is 57.7 Å². The number of fused-ring (bicyclic) bond motifs is 3. The van der Waals surface area contributed by atoms with E-state index in [1.165, 1.54) is 4.52 Å². The molecule has 0 unspecified atom stereocenters. The Balaban J connectivity index is 0.00000210. The van der Waals surface area contributed by atoms with E-state index in [2.05, 4.69) is 20.0 Å². The number of hydrogen-bond acceptors (Lipinski definition) is 5. The minimum atomic E-state index is -4.66. The van der Waals surface area contributed by atoms with Gasteiger partial charge in [0.1, 0.15) is 17.2 Å². The number of aryl methyl sites for hydroxylation is 1. The van der Waals surface area contributed by atoms with Gasteiger partial charge in [0, 0.05) is 31.6 Å². The number of anilines is 1. The van der Waals surface area contributed by atoms with Gasteiger partial charge < -0.3 is 9.80 Å². The van der Waals surface area contributed by atoms with Gasteiger partial charge in [0.05, 0.1) is 5.56 Å². The number of alkyl halides is 3. The van der Waals surface area contributed by atoms with E-state index in [0.717, 1.165) is 19.2 Å². The van der Waals surface area contributed by atoms with E-state index in [1.54, 1.807) is 6.92 Å². The lowest BCUT2D eigenvalue weighted by Gasteiger charge is -2.33. The zero-order valence-electron chi connectivity index (χ0n) is 14.6. The molecular formula is C16H17ClF4N6. The van der Waals surface area contributed by atoms with Crippen LogP contribution in [0.5, 0.6) is 0 Å². The first-order valence-electron chi connectivity index (χ1n) is 8.11. The molecule has 0 N–H and O–H groups in total. The quantitative estimate of drug-likeness (QED) is 0.584. The normalized spacial score (nSPS) is 16.1. The van der Waals surface area contributed by atoms with Crippen molar-refractivity contribution in [2.45, 2.75) is 13.1 Å². The molecule has 1 aromatic carbocycles. The number of nitrogens with zero attached hydrogens (tertiary/aromatic N) is 6. The summed E-state index contributed by atoms with van der Waals surface area (Å²) < 4.78 is 55.1. The molecule has 27 heavy (non-hydrogen) atoms. The van der Waals surface area contributed by atoms with Crippen molar-refractivity contribution in [3.8, 4) is 0 Å². The molecule has 0 aliphatic carbocycles. The van der Waals surface area contributed by atoms with E-state index in [-0.39, 0.29) is 29.0 Å². The number of rotatable bonds is 1. The molecule has 0 saturated carbocycles. The first kappa shape index (κ1) is 19.6. The number of aromatic nitrogens is 4. The minimum Gasteiger partial charge on any atom is -0.338 e. The molecule has 146 valence electrons. The Hall–Kier alpha value is -2.20. The van der Waals surface area contributed by atoms with E-state index in [1.807, 2.05) is 11.9 Å². The lowest BCUT2D eigenvalue weighted by molar-refractivity contribution is -0.137. The topological polar surface area (TPSA) is 49.6 Å². The van der Waals surface area contributed by atoms with Crippen LogP contribution in [0.4, 0.5) is 23.5 Å². The van der Waals surface area contributed by atoms with Gasteiger partial charge in [-0.05, 0) is 26.1 Å². The summed E-state index contributed by atoms with van der Waals surface area (Å²) in [6, 6.07) is 1.35. The Bertz CT molecular complexity index is 994. The molecule has 0 radical (unpaired) electrons. The fraction of sp³-hybridized carbons (Fsp3) is 0.438. The summed E-state index contributed by atoms with van der Waals surface area (Å²) in [6.07, 6.45) is -4.66. The van der Waals surface area contributed by atoms with E-state index >= 15 is 0 Å². The van der Waals surface area contributed by atoms with Crippen LogP contribution >= 0.6 is 12.4 Å². The average Bonchev–Trinajstić information content (AvgIpc) is 2.96. The van der Waals surface area contributed by atoms with Gasteiger partial charge in [0.2, 0.25) is 5.95 Å². The van der Waals surface area contributed by atoms with Crippen LogP contribution in [0.25, 0.3) is 16.6 Å². The Morgan fingerprint density at radius 3 is 2.33 bits per heavy atom. The van der Waals surface area contributed by atoms with Gasteiger partial charge in [-0.2, -0.15) is 17.7 Å². The Morgan fingerprint density at radius 2 is 1.70 bits per heavy atom. The molecule has 11 heteroatoms. The van der Waals surface area contributed by atoms with Crippen molar-refractivity contribution in [1.29, 1.82) is 0 Å². The van der Waals surface area contributed by atoms with Crippen molar-refractivity contribution in [3.05, 3.63) is 29.3 Å². The predicted molar refractivity (Wildman–Crippen MR) is 94.9 cm³/mol. The maximum Gasteiger partial charge on any atom is 0.416 e. The molecule has 0 atom stereocenters. The summed E-state index contributed by atoms with van der Waals surface area (Å²) in [4.78, 5) is 12.6. The van der Waals surface area contributed by atoms with E-state index in [0.29, 0.717) is 30.9 Å². The molecule has 1 saturated heterocycles. The second-order valence-corrected chi connectivity index (χ2v) is 6.45. The number of likely N-dealkylation sites (N-methyl/N-ethyl adjacent to an activating group) is 1. The first-order valence-corrected chi connectivity index (χ1v) is 8.11. The van der Waals surface area contributed by atoms with Gasteiger partial charge in [0.15, 0.2) is 5.65 Å². The van der Waals surface area contributed by atoms with E-state index in [9.17, 15) is 17.6 Å². The second-order valence-electron chi connectivity index (χ2n) is 6.45. The van der Waals surface area contributed by atoms with Crippen LogP contribution in [0, 0.1) is 12.7 Å². The summed E-state index contributed by atoms with van der Waals surface area (Å²) >= 11 is 0. The van der Waals surface area contributed by atoms with Crippen LogP contribution in [0.2, 0.25) is 0 Å². The second kappa shape index (κ2) is 6.75. The summed E-state index contributed by atoms with van der Waals surface area (Å²) in [6.45, 7) is 4.54. The summed E-state index contributed by atoms with van der Waals surface area (Å²) in [7, 11) is 2.00. The monoisotopic (exact) mass is 404 g/mol. The molecule has 0 spiro atoms. The maximum atomic E-state index is 14.5. The molecule has 0 amide bonds. The Kier molecular flexibility index (Phi) is 4.89. The van der Waals surface area contributed by atoms with Gasteiger partial charge in [-0.15, -0.1) is 17.5 Å². The van der Waals surface area contributed by atoms with Crippen LogP contribution in [0.3, 0.4) is 0 Å². The molecular weight excluding hydrogens is 388 g/mol. The van der Waals surface area contributed by atoms with Crippen LogP contribution in [0.1, 0.15) is 11.4 Å². The Labute approximate surface area is 158 Å². The summed E-state index contributed by atoms with van der Waals surface area (Å²) in [5.74, 6) is -0.249. The zero-order valence-corrected chi connectivity index (χ0v) is 15.4. The molecule has 3 aromatic rings. The molecule has 2 aromatic heterocycles. The van der Waals surface area contributed by atoms with E-state index < -0.39 is 17.6 Å². The van der Waals surface area contributed by atoms with Gasteiger partial charge in [-0.25, -0.2) is 14.4 Å². The van der Waals surface area contributed by atoms with Gasteiger partial charge in [0.25, 0.3) is 0 Å². The molecule has 1 aliphatic heterocycles. The average molecular weight is 405 g/mol. The number of benzene rings is 1. The maximum absolute atomic E-state index is 14.5. The SMILES string of the molecule is Cc1nc2c3cc(C(F)(F)F)cc(F)c3nc(N3CCN(C)CC3)n2n1.Cl. The molecule has 3 heterocycles. The van der Waals surface area contributed by atoms with Gasteiger partial charge in [-0.3, -0.25) is 0 Å². The highest BCUT2D eigenvalue weighted by Crippen LogP contribution is 2.34. The van der Waals surface area contributed by atoms with Crippen LogP contribution < -0.4 is 4.90 Å². The van der Waals surface area contributed by atoms with Gasteiger partial charge in [-0.1, -0.05) is 0 Å². The lowest BCUT2D eigenvalue weighted by atomic mass is 10.1. The van der Waals surface area contributed by atoms with Crippen LogP contribution in [-0.2, 0) is 6.18 Å². The van der Waals surface area contributed by atoms with Crippen molar-refractivity contribution in [3.63, 3.8) is 0 Å². The zero-order chi connectivity index (χ0) is 18.6.